The second-order valence-corrected chi connectivity index (χ2v) is 5.22. The van der Waals surface area contributed by atoms with Gasteiger partial charge in [-0.15, -0.1) is 0 Å². The second-order valence-electron chi connectivity index (χ2n) is 4.81. The standard InChI is InChI=1S/C14H21ClN2O2/c1-9(2)11-8-13(10(3)7-12(11)15)19-6-4-5-14(18)17-16/h7-9H,4-6,16H2,1-3H3,(H,17,18). The van der Waals surface area contributed by atoms with Crippen molar-refractivity contribution in [1.29, 1.82) is 0 Å². The molecule has 0 saturated carbocycles. The Bertz CT molecular complexity index is 447. The van der Waals surface area contributed by atoms with E-state index < -0.39 is 0 Å². The molecule has 0 atom stereocenters. The zero-order chi connectivity index (χ0) is 14.4. The van der Waals surface area contributed by atoms with Crippen LogP contribution in [0.3, 0.4) is 0 Å². The van der Waals surface area contributed by atoms with Crippen molar-refractivity contribution in [3.05, 3.63) is 28.3 Å². The van der Waals surface area contributed by atoms with Gasteiger partial charge in [0.05, 0.1) is 6.61 Å². The smallest absolute Gasteiger partial charge is 0.234 e. The molecule has 0 aliphatic carbocycles. The SMILES string of the molecule is Cc1cc(Cl)c(C(C)C)cc1OCCCC(=O)NN. The van der Waals surface area contributed by atoms with Gasteiger partial charge in [-0.1, -0.05) is 25.4 Å². The number of hydrazine groups is 1. The first-order valence-electron chi connectivity index (χ1n) is 6.38. The molecule has 0 heterocycles. The summed E-state index contributed by atoms with van der Waals surface area (Å²) in [6.07, 6.45) is 0.988. The Hall–Kier alpha value is -1.26. The monoisotopic (exact) mass is 284 g/mol. The number of hydrogen-bond donors (Lipinski definition) is 2. The van der Waals surface area contributed by atoms with E-state index in [1.54, 1.807) is 0 Å². The van der Waals surface area contributed by atoms with Gasteiger partial charge in [0.2, 0.25) is 5.91 Å². The van der Waals surface area contributed by atoms with Crippen LogP contribution in [0.2, 0.25) is 5.02 Å². The van der Waals surface area contributed by atoms with Crippen LogP contribution in [0, 0.1) is 6.92 Å². The van der Waals surface area contributed by atoms with Crippen molar-refractivity contribution >= 4 is 17.5 Å². The van der Waals surface area contributed by atoms with Gasteiger partial charge in [-0.05, 0) is 42.5 Å². The van der Waals surface area contributed by atoms with Crippen LogP contribution >= 0.6 is 11.6 Å². The predicted molar refractivity (Wildman–Crippen MR) is 77.3 cm³/mol. The lowest BCUT2D eigenvalue weighted by atomic mass is 10.0. The number of benzene rings is 1. The minimum absolute atomic E-state index is 0.181. The van der Waals surface area contributed by atoms with Gasteiger partial charge in [-0.25, -0.2) is 5.84 Å². The number of aryl methyl sites for hydroxylation is 1. The van der Waals surface area contributed by atoms with Gasteiger partial charge in [0, 0.05) is 11.4 Å². The van der Waals surface area contributed by atoms with Crippen LogP contribution in [-0.2, 0) is 4.79 Å². The molecule has 1 amide bonds. The molecule has 1 aromatic carbocycles. The lowest BCUT2D eigenvalue weighted by molar-refractivity contribution is -0.121. The maximum Gasteiger partial charge on any atom is 0.234 e. The van der Waals surface area contributed by atoms with E-state index in [2.05, 4.69) is 19.3 Å². The largest absolute Gasteiger partial charge is 0.493 e. The molecule has 3 N–H and O–H groups in total. The van der Waals surface area contributed by atoms with Crippen LogP contribution in [0.4, 0.5) is 0 Å². The second kappa shape index (κ2) is 7.36. The lowest BCUT2D eigenvalue weighted by Crippen LogP contribution is -2.29. The molecule has 0 radical (unpaired) electrons. The van der Waals surface area contributed by atoms with Crippen LogP contribution in [-0.4, -0.2) is 12.5 Å². The minimum atomic E-state index is -0.181. The molecular formula is C14H21ClN2O2. The van der Waals surface area contributed by atoms with E-state index in [0.717, 1.165) is 21.9 Å². The first-order chi connectivity index (χ1) is 8.95. The molecular weight excluding hydrogens is 264 g/mol. The Balaban J connectivity index is 2.63. The molecule has 0 aromatic heterocycles. The van der Waals surface area contributed by atoms with Crippen molar-refractivity contribution in [1.82, 2.24) is 5.43 Å². The minimum Gasteiger partial charge on any atom is -0.493 e. The number of nitrogens with one attached hydrogen (secondary N) is 1. The van der Waals surface area contributed by atoms with Crippen LogP contribution in [0.25, 0.3) is 0 Å². The van der Waals surface area contributed by atoms with E-state index in [-0.39, 0.29) is 5.91 Å². The van der Waals surface area contributed by atoms with Gasteiger partial charge in [0.15, 0.2) is 0 Å². The number of amides is 1. The molecule has 0 unspecified atom stereocenters. The van der Waals surface area contributed by atoms with E-state index in [1.807, 2.05) is 19.1 Å². The number of hydrogen-bond acceptors (Lipinski definition) is 3. The van der Waals surface area contributed by atoms with Crippen LogP contribution in [0.15, 0.2) is 12.1 Å². The van der Waals surface area contributed by atoms with Gasteiger partial charge in [-0.2, -0.15) is 0 Å². The normalized spacial score (nSPS) is 10.6. The molecule has 1 rings (SSSR count). The summed E-state index contributed by atoms with van der Waals surface area (Å²) in [5.41, 5.74) is 4.16. The number of rotatable bonds is 6. The predicted octanol–water partition coefficient (Wildman–Crippen LogP) is 2.92. The topological polar surface area (TPSA) is 64.3 Å². The third-order valence-corrected chi connectivity index (χ3v) is 3.21. The summed E-state index contributed by atoms with van der Waals surface area (Å²) in [5, 5.41) is 0.766. The van der Waals surface area contributed by atoms with Gasteiger partial charge in [0.25, 0.3) is 0 Å². The Morgan fingerprint density at radius 1 is 1.47 bits per heavy atom. The zero-order valence-electron chi connectivity index (χ0n) is 11.6. The first-order valence-corrected chi connectivity index (χ1v) is 6.75. The fourth-order valence-electron chi connectivity index (χ4n) is 1.75. The van der Waals surface area contributed by atoms with Crippen molar-refractivity contribution in [2.45, 2.75) is 39.5 Å². The van der Waals surface area contributed by atoms with Crippen LogP contribution in [0.5, 0.6) is 5.75 Å². The van der Waals surface area contributed by atoms with E-state index in [9.17, 15) is 4.79 Å². The fourth-order valence-corrected chi connectivity index (χ4v) is 2.19. The van der Waals surface area contributed by atoms with Crippen molar-refractivity contribution in [2.24, 2.45) is 5.84 Å². The van der Waals surface area contributed by atoms with E-state index in [4.69, 9.17) is 22.2 Å². The average Bonchev–Trinajstić information content (AvgIpc) is 2.35. The molecule has 0 bridgehead atoms. The molecule has 4 nitrogen and oxygen atoms in total. The van der Waals surface area contributed by atoms with Crippen LogP contribution in [0.1, 0.15) is 43.7 Å². The molecule has 0 aliphatic rings. The van der Waals surface area contributed by atoms with Gasteiger partial charge < -0.3 is 4.74 Å². The Morgan fingerprint density at radius 2 is 2.16 bits per heavy atom. The average molecular weight is 285 g/mol. The highest BCUT2D eigenvalue weighted by atomic mass is 35.5. The summed E-state index contributed by atoms with van der Waals surface area (Å²) in [6, 6.07) is 3.89. The van der Waals surface area contributed by atoms with Crippen molar-refractivity contribution < 1.29 is 9.53 Å². The fraction of sp³-hybridized carbons (Fsp3) is 0.500. The third-order valence-electron chi connectivity index (χ3n) is 2.88. The molecule has 19 heavy (non-hydrogen) atoms. The lowest BCUT2D eigenvalue weighted by Gasteiger charge is -2.14. The summed E-state index contributed by atoms with van der Waals surface area (Å²) in [6.45, 7) is 6.61. The van der Waals surface area contributed by atoms with E-state index >= 15 is 0 Å². The zero-order valence-corrected chi connectivity index (χ0v) is 12.4. The summed E-state index contributed by atoms with van der Waals surface area (Å²) in [5.74, 6) is 5.99. The molecule has 1 aromatic rings. The van der Waals surface area contributed by atoms with Crippen molar-refractivity contribution in [3.8, 4) is 5.75 Å². The molecule has 0 fully saturated rings. The van der Waals surface area contributed by atoms with Gasteiger partial charge >= 0.3 is 0 Å². The number of halogens is 1. The maximum atomic E-state index is 11.0. The molecule has 0 aliphatic heterocycles. The summed E-state index contributed by atoms with van der Waals surface area (Å²) in [4.78, 5) is 11.0. The van der Waals surface area contributed by atoms with Crippen molar-refractivity contribution in [2.75, 3.05) is 6.61 Å². The molecule has 0 saturated heterocycles. The highest BCUT2D eigenvalue weighted by Gasteiger charge is 2.10. The molecule has 0 spiro atoms. The third kappa shape index (κ3) is 4.73. The maximum absolute atomic E-state index is 11.0. The number of carbonyl (C=O) groups excluding carboxylic acids is 1. The highest BCUT2D eigenvalue weighted by molar-refractivity contribution is 6.31. The van der Waals surface area contributed by atoms with E-state index in [1.165, 1.54) is 0 Å². The quantitative estimate of drug-likeness (QED) is 0.365. The number of nitrogens with two attached hydrogens (primary N) is 1. The van der Waals surface area contributed by atoms with Gasteiger partial charge in [0.1, 0.15) is 5.75 Å². The Kier molecular flexibility index (Phi) is 6.12. The summed E-state index contributed by atoms with van der Waals surface area (Å²) < 4.78 is 5.70. The summed E-state index contributed by atoms with van der Waals surface area (Å²) in [7, 11) is 0. The summed E-state index contributed by atoms with van der Waals surface area (Å²) >= 11 is 6.20. The molecule has 106 valence electrons. The van der Waals surface area contributed by atoms with E-state index in [0.29, 0.717) is 25.4 Å². The van der Waals surface area contributed by atoms with Gasteiger partial charge in [-0.3, -0.25) is 10.2 Å². The number of ether oxygens (including phenoxy) is 1. The highest BCUT2D eigenvalue weighted by Crippen LogP contribution is 2.31. The Morgan fingerprint density at radius 3 is 2.74 bits per heavy atom. The Labute approximate surface area is 119 Å². The van der Waals surface area contributed by atoms with Crippen LogP contribution < -0.4 is 16.0 Å². The van der Waals surface area contributed by atoms with Crippen molar-refractivity contribution in [3.63, 3.8) is 0 Å². The first kappa shape index (κ1) is 15.8. The number of carbonyl (C=O) groups is 1. The molecule has 5 heteroatoms.